The lowest BCUT2D eigenvalue weighted by Crippen LogP contribution is -2.41. The summed E-state index contributed by atoms with van der Waals surface area (Å²) in [6, 6.07) is 3.80. The van der Waals surface area contributed by atoms with E-state index in [9.17, 15) is 12.8 Å². The Morgan fingerprint density at radius 3 is 2.22 bits per heavy atom. The van der Waals surface area contributed by atoms with Gasteiger partial charge in [-0.1, -0.05) is 6.07 Å². The maximum absolute atomic E-state index is 14.4. The molecule has 0 radical (unpaired) electrons. The Bertz CT molecular complexity index is 715. The molecule has 5 nitrogen and oxygen atoms in total. The largest absolute Gasteiger partial charge is 0.497 e. The number of sulfonamides is 1. The second-order valence-corrected chi connectivity index (χ2v) is 8.88. The summed E-state index contributed by atoms with van der Waals surface area (Å²) in [6.45, 7) is 7.51. The minimum atomic E-state index is -3.68. The Hall–Kier alpha value is -0.955. The molecule has 1 heterocycles. The van der Waals surface area contributed by atoms with Crippen LogP contribution in [0.5, 0.6) is 0 Å². The maximum Gasteiger partial charge on any atom is 0.497 e. The van der Waals surface area contributed by atoms with Gasteiger partial charge in [-0.15, -0.1) is 0 Å². The van der Waals surface area contributed by atoms with Crippen molar-refractivity contribution >= 4 is 22.6 Å². The monoisotopic (exact) mass is 341 g/mol. The van der Waals surface area contributed by atoms with E-state index in [1.165, 1.54) is 12.1 Å². The van der Waals surface area contributed by atoms with E-state index in [0.29, 0.717) is 0 Å². The Kier molecular flexibility index (Phi) is 3.87. The van der Waals surface area contributed by atoms with Gasteiger partial charge in [-0.3, -0.25) is 0 Å². The summed E-state index contributed by atoms with van der Waals surface area (Å²) in [5.41, 5.74) is -0.959. The third-order valence-electron chi connectivity index (χ3n) is 4.69. The van der Waals surface area contributed by atoms with Gasteiger partial charge in [-0.05, 0) is 52.7 Å². The van der Waals surface area contributed by atoms with Gasteiger partial charge in [0.15, 0.2) is 0 Å². The first-order chi connectivity index (χ1) is 10.5. The van der Waals surface area contributed by atoms with E-state index in [1.54, 1.807) is 0 Å². The van der Waals surface area contributed by atoms with Crippen LogP contribution >= 0.6 is 0 Å². The van der Waals surface area contributed by atoms with Crippen LogP contribution in [-0.4, -0.2) is 32.8 Å². The summed E-state index contributed by atoms with van der Waals surface area (Å²) in [5.74, 6) is -0.651. The molecule has 1 N–H and O–H groups in total. The van der Waals surface area contributed by atoms with Crippen LogP contribution in [0, 0.1) is 5.82 Å². The highest BCUT2D eigenvalue weighted by Crippen LogP contribution is 2.36. The minimum Gasteiger partial charge on any atom is -0.399 e. The predicted octanol–water partition coefficient (Wildman–Crippen LogP) is 1.57. The SMILES string of the molecule is CC1(C)OB(c2ccc(S(=O)(=O)NC3CC3)cc2F)OC1(C)C. The summed E-state index contributed by atoms with van der Waals surface area (Å²) in [5, 5.41) is 0. The number of benzene rings is 1. The topological polar surface area (TPSA) is 64.6 Å². The molecule has 126 valence electrons. The lowest BCUT2D eigenvalue weighted by Gasteiger charge is -2.32. The molecule has 1 aliphatic heterocycles. The summed E-state index contributed by atoms with van der Waals surface area (Å²) in [6.07, 6.45) is 1.65. The molecule has 0 amide bonds. The second-order valence-electron chi connectivity index (χ2n) is 7.17. The third kappa shape index (κ3) is 3.17. The number of nitrogens with one attached hydrogen (secondary N) is 1. The molecular weight excluding hydrogens is 320 g/mol. The van der Waals surface area contributed by atoms with Gasteiger partial charge < -0.3 is 9.31 Å². The smallest absolute Gasteiger partial charge is 0.399 e. The molecule has 0 bridgehead atoms. The molecule has 3 rings (SSSR count). The molecule has 0 unspecified atom stereocenters. The Balaban J connectivity index is 1.86. The zero-order valence-corrected chi connectivity index (χ0v) is 14.5. The average Bonchev–Trinajstić information content (AvgIpc) is 3.16. The van der Waals surface area contributed by atoms with Crippen molar-refractivity contribution in [3.8, 4) is 0 Å². The van der Waals surface area contributed by atoms with Crippen LogP contribution in [0.3, 0.4) is 0 Å². The van der Waals surface area contributed by atoms with E-state index in [4.69, 9.17) is 9.31 Å². The Morgan fingerprint density at radius 2 is 1.74 bits per heavy atom. The van der Waals surface area contributed by atoms with Gasteiger partial charge >= 0.3 is 7.12 Å². The van der Waals surface area contributed by atoms with Gasteiger partial charge in [-0.25, -0.2) is 17.5 Å². The van der Waals surface area contributed by atoms with Crippen molar-refractivity contribution in [1.82, 2.24) is 4.72 Å². The van der Waals surface area contributed by atoms with Crippen molar-refractivity contribution in [1.29, 1.82) is 0 Å². The summed E-state index contributed by atoms with van der Waals surface area (Å²) < 4.78 is 52.8. The molecule has 0 aromatic heterocycles. The molecule has 2 fully saturated rings. The normalized spacial score (nSPS) is 23.3. The number of hydrogen-bond donors (Lipinski definition) is 1. The van der Waals surface area contributed by atoms with Crippen molar-refractivity contribution in [2.45, 2.75) is 62.7 Å². The van der Waals surface area contributed by atoms with Crippen molar-refractivity contribution in [3.05, 3.63) is 24.0 Å². The Morgan fingerprint density at radius 1 is 1.17 bits per heavy atom. The van der Waals surface area contributed by atoms with E-state index in [0.717, 1.165) is 18.9 Å². The average molecular weight is 341 g/mol. The van der Waals surface area contributed by atoms with Crippen LogP contribution in [0.15, 0.2) is 23.1 Å². The molecule has 8 heteroatoms. The van der Waals surface area contributed by atoms with Crippen LogP contribution in [0.25, 0.3) is 0 Å². The molecule has 1 aromatic carbocycles. The fourth-order valence-electron chi connectivity index (χ4n) is 2.32. The first-order valence-corrected chi connectivity index (χ1v) is 9.18. The number of rotatable bonds is 4. The summed E-state index contributed by atoms with van der Waals surface area (Å²) in [7, 11) is -4.53. The van der Waals surface area contributed by atoms with Gasteiger partial charge in [0.2, 0.25) is 10.0 Å². The molecule has 1 saturated heterocycles. The zero-order chi connectivity index (χ0) is 17.0. The van der Waals surface area contributed by atoms with E-state index in [1.807, 2.05) is 27.7 Å². The first-order valence-electron chi connectivity index (χ1n) is 7.69. The molecular formula is C15H21BFNO4S. The zero-order valence-electron chi connectivity index (χ0n) is 13.7. The van der Waals surface area contributed by atoms with Gasteiger partial charge in [-0.2, -0.15) is 0 Å². The fraction of sp³-hybridized carbons (Fsp3) is 0.600. The molecule has 0 atom stereocenters. The first kappa shape index (κ1) is 16.9. The molecule has 2 aliphatic rings. The highest BCUT2D eigenvalue weighted by atomic mass is 32.2. The lowest BCUT2D eigenvalue weighted by atomic mass is 9.79. The fourth-order valence-corrected chi connectivity index (χ4v) is 3.64. The molecule has 1 aromatic rings. The van der Waals surface area contributed by atoms with Crippen LogP contribution in [0.2, 0.25) is 0 Å². The highest BCUT2D eigenvalue weighted by Gasteiger charge is 2.52. The van der Waals surface area contributed by atoms with Gasteiger partial charge in [0, 0.05) is 11.5 Å². The predicted molar refractivity (Wildman–Crippen MR) is 85.5 cm³/mol. The minimum absolute atomic E-state index is 0.0224. The quantitative estimate of drug-likeness (QED) is 0.845. The highest BCUT2D eigenvalue weighted by molar-refractivity contribution is 7.89. The lowest BCUT2D eigenvalue weighted by molar-refractivity contribution is 0.00578. The van der Waals surface area contributed by atoms with Crippen LogP contribution in [-0.2, 0) is 19.3 Å². The molecule has 1 saturated carbocycles. The van der Waals surface area contributed by atoms with Crippen molar-refractivity contribution in [2.24, 2.45) is 0 Å². The summed E-state index contributed by atoms with van der Waals surface area (Å²) >= 11 is 0. The second kappa shape index (κ2) is 5.27. The molecule has 23 heavy (non-hydrogen) atoms. The van der Waals surface area contributed by atoms with Crippen LogP contribution in [0.4, 0.5) is 4.39 Å². The number of hydrogen-bond acceptors (Lipinski definition) is 4. The van der Waals surface area contributed by atoms with Crippen molar-refractivity contribution in [2.75, 3.05) is 0 Å². The van der Waals surface area contributed by atoms with E-state index < -0.39 is 34.2 Å². The van der Waals surface area contributed by atoms with E-state index >= 15 is 0 Å². The van der Waals surface area contributed by atoms with Crippen molar-refractivity contribution in [3.63, 3.8) is 0 Å². The third-order valence-corrected chi connectivity index (χ3v) is 6.21. The van der Waals surface area contributed by atoms with Crippen LogP contribution in [0.1, 0.15) is 40.5 Å². The summed E-state index contributed by atoms with van der Waals surface area (Å²) in [4.78, 5) is -0.0813. The van der Waals surface area contributed by atoms with E-state index in [2.05, 4.69) is 4.72 Å². The van der Waals surface area contributed by atoms with Crippen LogP contribution < -0.4 is 10.2 Å². The van der Waals surface area contributed by atoms with Crippen molar-refractivity contribution < 1.29 is 22.1 Å². The molecule has 1 aliphatic carbocycles. The number of halogens is 1. The molecule has 0 spiro atoms. The maximum atomic E-state index is 14.4. The van der Waals surface area contributed by atoms with Gasteiger partial charge in [0.1, 0.15) is 5.82 Å². The van der Waals surface area contributed by atoms with E-state index in [-0.39, 0.29) is 16.4 Å². The van der Waals surface area contributed by atoms with Gasteiger partial charge in [0.05, 0.1) is 16.1 Å². The Labute approximate surface area is 136 Å². The standard InChI is InChI=1S/C15H21BFNO4S/c1-14(2)15(3,4)22-16(21-14)12-8-7-11(9-13(12)17)23(19,20)18-10-5-6-10/h7-10,18H,5-6H2,1-4H3. The van der Waals surface area contributed by atoms with Gasteiger partial charge in [0.25, 0.3) is 0 Å².